The van der Waals surface area contributed by atoms with E-state index in [4.69, 9.17) is 11.6 Å². The number of carboxylic acid groups (broad SMARTS) is 1. The lowest BCUT2D eigenvalue weighted by Crippen LogP contribution is -2.24. The van der Waals surface area contributed by atoms with E-state index in [9.17, 15) is 14.7 Å². The Bertz CT molecular complexity index is 768. The molecule has 0 saturated heterocycles. The highest BCUT2D eigenvalue weighted by Gasteiger charge is 2.17. The maximum atomic E-state index is 12.2. The number of aryl methyl sites for hydroxylation is 1. The van der Waals surface area contributed by atoms with Crippen LogP contribution in [0, 0.1) is 13.8 Å². The number of rotatable bonds is 2. The molecule has 1 aromatic carbocycles. The van der Waals surface area contributed by atoms with Gasteiger partial charge in [0.2, 0.25) is 0 Å². The Morgan fingerprint density at radius 1 is 1.30 bits per heavy atom. The van der Waals surface area contributed by atoms with Crippen LogP contribution in [0.2, 0.25) is 5.02 Å². The predicted octanol–water partition coefficient (Wildman–Crippen LogP) is 3.57. The van der Waals surface area contributed by atoms with Crippen LogP contribution in [0.15, 0.2) is 33.5 Å². The van der Waals surface area contributed by atoms with Gasteiger partial charge in [0.05, 0.1) is 11.3 Å². The van der Waals surface area contributed by atoms with Crippen molar-refractivity contribution in [3.8, 4) is 5.69 Å². The highest BCUT2D eigenvalue weighted by molar-refractivity contribution is 9.10. The molecule has 4 nitrogen and oxygen atoms in total. The average Bonchev–Trinajstić information content (AvgIpc) is 2.30. The molecule has 2 aromatic rings. The summed E-state index contributed by atoms with van der Waals surface area (Å²) >= 11 is 9.22. The van der Waals surface area contributed by atoms with E-state index in [1.165, 1.54) is 10.6 Å². The number of hydrogen-bond acceptors (Lipinski definition) is 2. The van der Waals surface area contributed by atoms with Crippen molar-refractivity contribution in [3.05, 3.63) is 60.9 Å². The topological polar surface area (TPSA) is 59.3 Å². The number of carboxylic acids is 1. The molecule has 1 aromatic heterocycles. The Hall–Kier alpha value is -1.59. The summed E-state index contributed by atoms with van der Waals surface area (Å²) in [5, 5.41) is 9.80. The zero-order valence-corrected chi connectivity index (χ0v) is 13.1. The zero-order chi connectivity index (χ0) is 15.0. The minimum absolute atomic E-state index is 0.131. The minimum atomic E-state index is -1.06. The van der Waals surface area contributed by atoms with E-state index < -0.39 is 5.97 Å². The molecule has 0 amide bonds. The lowest BCUT2D eigenvalue weighted by molar-refractivity contribution is 0.0694. The molecule has 0 aliphatic carbocycles. The summed E-state index contributed by atoms with van der Waals surface area (Å²) in [5.74, 6) is -1.06. The molecule has 1 N–H and O–H groups in total. The fourth-order valence-corrected chi connectivity index (χ4v) is 3.03. The highest BCUT2D eigenvalue weighted by Crippen LogP contribution is 2.26. The molecule has 0 saturated carbocycles. The van der Waals surface area contributed by atoms with Crippen LogP contribution < -0.4 is 5.56 Å². The smallest absolute Gasteiger partial charge is 0.337 e. The van der Waals surface area contributed by atoms with E-state index in [0.717, 1.165) is 0 Å². The van der Waals surface area contributed by atoms with Crippen LogP contribution >= 0.6 is 27.5 Å². The predicted molar refractivity (Wildman–Crippen MR) is 81.2 cm³/mol. The monoisotopic (exact) mass is 355 g/mol. The van der Waals surface area contributed by atoms with Gasteiger partial charge in [-0.1, -0.05) is 11.6 Å². The molecule has 0 spiro atoms. The van der Waals surface area contributed by atoms with Gasteiger partial charge >= 0.3 is 5.97 Å². The molecule has 6 heteroatoms. The van der Waals surface area contributed by atoms with Gasteiger partial charge in [0, 0.05) is 21.3 Å². The lowest BCUT2D eigenvalue weighted by atomic mass is 10.1. The second-order valence-electron chi connectivity index (χ2n) is 4.36. The largest absolute Gasteiger partial charge is 0.478 e. The van der Waals surface area contributed by atoms with Crippen molar-refractivity contribution in [2.24, 2.45) is 0 Å². The third kappa shape index (κ3) is 2.51. The lowest BCUT2D eigenvalue weighted by Gasteiger charge is -2.15. The fourth-order valence-electron chi connectivity index (χ4n) is 2.17. The summed E-state index contributed by atoms with van der Waals surface area (Å²) in [6.07, 6.45) is 0. The van der Waals surface area contributed by atoms with Crippen LogP contribution in [-0.2, 0) is 0 Å². The van der Waals surface area contributed by atoms with Crippen molar-refractivity contribution >= 4 is 33.5 Å². The van der Waals surface area contributed by atoms with Gasteiger partial charge in [-0.2, -0.15) is 0 Å². The van der Waals surface area contributed by atoms with Crippen molar-refractivity contribution < 1.29 is 9.90 Å². The van der Waals surface area contributed by atoms with Crippen LogP contribution in [0.4, 0.5) is 0 Å². The maximum Gasteiger partial charge on any atom is 0.337 e. The summed E-state index contributed by atoms with van der Waals surface area (Å²) in [7, 11) is 0. The molecule has 104 valence electrons. The number of aromatic nitrogens is 1. The number of aromatic carboxylic acids is 1. The van der Waals surface area contributed by atoms with Gasteiger partial charge in [-0.25, -0.2) is 4.79 Å². The molecule has 1 heterocycles. The molecule has 0 atom stereocenters. The van der Waals surface area contributed by atoms with Gasteiger partial charge in [0.25, 0.3) is 5.56 Å². The second kappa shape index (κ2) is 5.42. The van der Waals surface area contributed by atoms with Crippen LogP contribution in [0.1, 0.15) is 21.6 Å². The molecular formula is C14H11BrClNO3. The number of halogens is 2. The minimum Gasteiger partial charge on any atom is -0.478 e. The second-order valence-corrected chi connectivity index (χ2v) is 5.65. The summed E-state index contributed by atoms with van der Waals surface area (Å²) in [6, 6.07) is 6.29. The zero-order valence-electron chi connectivity index (χ0n) is 10.8. The first-order chi connectivity index (χ1) is 9.32. The van der Waals surface area contributed by atoms with Gasteiger partial charge in [0.15, 0.2) is 0 Å². The van der Waals surface area contributed by atoms with Crippen molar-refractivity contribution in [3.63, 3.8) is 0 Å². The first kappa shape index (κ1) is 14.8. The molecular weight excluding hydrogens is 346 g/mol. The summed E-state index contributed by atoms with van der Waals surface area (Å²) in [4.78, 5) is 23.5. The average molecular weight is 357 g/mol. The van der Waals surface area contributed by atoms with Crippen molar-refractivity contribution in [2.45, 2.75) is 13.8 Å². The Labute approximate surface area is 128 Å². The number of nitrogens with zero attached hydrogens (tertiary/aromatic N) is 1. The Kier molecular flexibility index (Phi) is 4.01. The standard InChI is InChI=1S/C14H11BrClNO3/c1-7-5-12(18)17(8(2)13(7)14(19)20)11-4-3-9(16)6-10(11)15/h3-6H,1-2H3,(H,19,20). The molecule has 0 bridgehead atoms. The van der Waals surface area contributed by atoms with Crippen molar-refractivity contribution in [1.29, 1.82) is 0 Å². The molecule has 2 rings (SSSR count). The number of pyridine rings is 1. The van der Waals surface area contributed by atoms with Gasteiger partial charge in [-0.3, -0.25) is 9.36 Å². The number of hydrogen-bond donors (Lipinski definition) is 1. The third-order valence-electron chi connectivity index (χ3n) is 3.02. The third-order valence-corrected chi connectivity index (χ3v) is 3.89. The Morgan fingerprint density at radius 3 is 2.50 bits per heavy atom. The maximum absolute atomic E-state index is 12.2. The van der Waals surface area contributed by atoms with Crippen molar-refractivity contribution in [2.75, 3.05) is 0 Å². The van der Waals surface area contributed by atoms with Crippen molar-refractivity contribution in [1.82, 2.24) is 4.57 Å². The first-order valence-corrected chi connectivity index (χ1v) is 6.92. The van der Waals surface area contributed by atoms with Gasteiger partial charge < -0.3 is 5.11 Å². The Balaban J connectivity index is 2.84. The molecule has 0 aliphatic heterocycles. The van der Waals surface area contributed by atoms with E-state index in [1.807, 2.05) is 0 Å². The van der Waals surface area contributed by atoms with Gasteiger partial charge in [0.1, 0.15) is 0 Å². The molecule has 0 unspecified atom stereocenters. The van der Waals surface area contributed by atoms with Gasteiger partial charge in [-0.05, 0) is 53.5 Å². The summed E-state index contributed by atoms with van der Waals surface area (Å²) in [6.45, 7) is 3.22. The van der Waals surface area contributed by atoms with Crippen LogP contribution in [0.3, 0.4) is 0 Å². The van der Waals surface area contributed by atoms with E-state index in [1.54, 1.807) is 32.0 Å². The fraction of sp³-hybridized carbons (Fsp3) is 0.143. The van der Waals surface area contributed by atoms with Crippen LogP contribution in [0.25, 0.3) is 5.69 Å². The first-order valence-electron chi connectivity index (χ1n) is 5.75. The quantitative estimate of drug-likeness (QED) is 0.895. The van der Waals surface area contributed by atoms with E-state index in [2.05, 4.69) is 15.9 Å². The van der Waals surface area contributed by atoms with Crippen LogP contribution in [-0.4, -0.2) is 15.6 Å². The SMILES string of the molecule is Cc1cc(=O)n(-c2ccc(Cl)cc2Br)c(C)c1C(=O)O. The van der Waals surface area contributed by atoms with Crippen LogP contribution in [0.5, 0.6) is 0 Å². The molecule has 20 heavy (non-hydrogen) atoms. The van der Waals surface area contributed by atoms with E-state index >= 15 is 0 Å². The van der Waals surface area contributed by atoms with Gasteiger partial charge in [-0.15, -0.1) is 0 Å². The number of benzene rings is 1. The summed E-state index contributed by atoms with van der Waals surface area (Å²) in [5.41, 5.74) is 1.23. The molecule has 0 aliphatic rings. The van der Waals surface area contributed by atoms with E-state index in [-0.39, 0.29) is 11.1 Å². The number of carbonyl (C=O) groups is 1. The Morgan fingerprint density at radius 2 is 1.95 bits per heavy atom. The summed E-state index contributed by atoms with van der Waals surface area (Å²) < 4.78 is 1.98. The van der Waals surface area contributed by atoms with E-state index in [0.29, 0.717) is 26.4 Å². The normalized spacial score (nSPS) is 10.6. The highest BCUT2D eigenvalue weighted by atomic mass is 79.9. The molecule has 0 radical (unpaired) electrons. The molecule has 0 fully saturated rings.